The first kappa shape index (κ1) is 18.7. The van der Waals surface area contributed by atoms with E-state index in [1.165, 1.54) is 7.11 Å². The van der Waals surface area contributed by atoms with Gasteiger partial charge in [0, 0.05) is 12.5 Å². The first-order chi connectivity index (χ1) is 13.6. The highest BCUT2D eigenvalue weighted by molar-refractivity contribution is 5.89. The van der Waals surface area contributed by atoms with Crippen LogP contribution in [0.5, 0.6) is 0 Å². The maximum absolute atomic E-state index is 13.0. The van der Waals surface area contributed by atoms with E-state index in [2.05, 4.69) is 24.1 Å². The first-order valence-electron chi connectivity index (χ1n) is 9.70. The highest BCUT2D eigenvalue weighted by Crippen LogP contribution is 2.54. The number of hydrogen-bond donors (Lipinski definition) is 0. The predicted octanol–water partition coefficient (Wildman–Crippen LogP) is 3.39. The van der Waals surface area contributed by atoms with E-state index in [4.69, 9.17) is 9.47 Å². The van der Waals surface area contributed by atoms with Crippen molar-refractivity contribution in [3.05, 3.63) is 71.8 Å². The van der Waals surface area contributed by atoms with Crippen molar-refractivity contribution in [2.24, 2.45) is 5.92 Å². The van der Waals surface area contributed by atoms with Crippen molar-refractivity contribution >= 4 is 11.9 Å². The number of benzene rings is 2. The smallest absolute Gasteiger partial charge is 0.338 e. The quantitative estimate of drug-likeness (QED) is 0.762. The van der Waals surface area contributed by atoms with Crippen molar-refractivity contribution in [1.29, 1.82) is 0 Å². The van der Waals surface area contributed by atoms with Crippen molar-refractivity contribution < 1.29 is 19.1 Å². The number of ether oxygens (including phenoxy) is 2. The molecule has 2 heterocycles. The van der Waals surface area contributed by atoms with Crippen LogP contribution in [0.1, 0.15) is 35.2 Å². The van der Waals surface area contributed by atoms with Gasteiger partial charge in [-0.25, -0.2) is 4.79 Å². The van der Waals surface area contributed by atoms with E-state index in [0.717, 1.165) is 18.4 Å². The molecule has 4 atom stereocenters. The van der Waals surface area contributed by atoms with Crippen molar-refractivity contribution in [2.45, 2.75) is 36.9 Å². The summed E-state index contributed by atoms with van der Waals surface area (Å²) in [6.45, 7) is 0. The molecule has 2 aliphatic rings. The molecule has 0 aliphatic carbocycles. The lowest BCUT2D eigenvalue weighted by Crippen LogP contribution is -2.60. The third kappa shape index (κ3) is 2.90. The molecule has 2 aliphatic heterocycles. The molecule has 5 heteroatoms. The van der Waals surface area contributed by atoms with E-state index in [1.807, 2.05) is 24.3 Å². The normalized spacial score (nSPS) is 29.3. The van der Waals surface area contributed by atoms with Crippen LogP contribution in [0, 0.1) is 5.92 Å². The highest BCUT2D eigenvalue weighted by Gasteiger charge is 2.61. The minimum Gasteiger partial charge on any atom is -0.469 e. The van der Waals surface area contributed by atoms with Gasteiger partial charge in [0.05, 0.1) is 18.2 Å². The van der Waals surface area contributed by atoms with Gasteiger partial charge < -0.3 is 9.47 Å². The number of piperidine rings is 1. The third-order valence-electron chi connectivity index (χ3n) is 6.42. The van der Waals surface area contributed by atoms with E-state index >= 15 is 0 Å². The summed E-state index contributed by atoms with van der Waals surface area (Å²) < 4.78 is 11.1. The largest absolute Gasteiger partial charge is 0.469 e. The van der Waals surface area contributed by atoms with Gasteiger partial charge in [-0.2, -0.15) is 0 Å². The van der Waals surface area contributed by atoms with Crippen molar-refractivity contribution in [2.75, 3.05) is 14.2 Å². The maximum atomic E-state index is 13.0. The summed E-state index contributed by atoms with van der Waals surface area (Å²) in [5.41, 5.74) is 1.03. The van der Waals surface area contributed by atoms with E-state index < -0.39 is 23.5 Å². The van der Waals surface area contributed by atoms with E-state index in [-0.39, 0.29) is 12.0 Å². The fourth-order valence-corrected chi connectivity index (χ4v) is 5.07. The molecular weight excluding hydrogens is 354 g/mol. The van der Waals surface area contributed by atoms with Crippen LogP contribution in [-0.4, -0.2) is 43.1 Å². The Kier molecular flexibility index (Phi) is 4.94. The molecule has 0 radical (unpaired) electrons. The van der Waals surface area contributed by atoms with Crippen molar-refractivity contribution in [1.82, 2.24) is 4.90 Å². The minimum absolute atomic E-state index is 0.259. The summed E-state index contributed by atoms with van der Waals surface area (Å²) in [6, 6.07) is 19.2. The molecule has 2 saturated heterocycles. The monoisotopic (exact) mass is 379 g/mol. The van der Waals surface area contributed by atoms with Crippen LogP contribution in [0.25, 0.3) is 0 Å². The molecule has 2 fully saturated rings. The summed E-state index contributed by atoms with van der Waals surface area (Å²) in [6.07, 6.45) is 1.89. The Labute approximate surface area is 165 Å². The van der Waals surface area contributed by atoms with E-state index in [9.17, 15) is 9.59 Å². The molecule has 2 bridgehead atoms. The zero-order valence-electron chi connectivity index (χ0n) is 16.2. The van der Waals surface area contributed by atoms with Crippen LogP contribution < -0.4 is 0 Å². The van der Waals surface area contributed by atoms with Crippen LogP contribution in [0.2, 0.25) is 0 Å². The molecule has 0 N–H and O–H groups in total. The average molecular weight is 379 g/mol. The zero-order valence-corrected chi connectivity index (χ0v) is 16.2. The molecule has 0 spiro atoms. The average Bonchev–Trinajstić information content (AvgIpc) is 2.95. The minimum atomic E-state index is -0.573. The van der Waals surface area contributed by atoms with Gasteiger partial charge in [0.25, 0.3) is 0 Å². The van der Waals surface area contributed by atoms with E-state index in [0.29, 0.717) is 12.0 Å². The SMILES string of the molecule is COC(=O)[C@H]1[C@@H](OC(=O)c2ccccc2)C[C@@H]2CC[C@@]1(c1ccccc1)N2C. The van der Waals surface area contributed by atoms with Crippen molar-refractivity contribution in [3.63, 3.8) is 0 Å². The van der Waals surface area contributed by atoms with Crippen molar-refractivity contribution in [3.8, 4) is 0 Å². The summed E-state index contributed by atoms with van der Waals surface area (Å²) >= 11 is 0. The lowest BCUT2D eigenvalue weighted by Gasteiger charge is -2.50. The lowest BCUT2D eigenvalue weighted by atomic mass is 9.71. The second-order valence-corrected chi connectivity index (χ2v) is 7.64. The highest BCUT2D eigenvalue weighted by atomic mass is 16.6. The fraction of sp³-hybridized carbons (Fsp3) is 0.391. The zero-order chi connectivity index (χ0) is 19.7. The summed E-state index contributed by atoms with van der Waals surface area (Å²) in [7, 11) is 3.47. The lowest BCUT2D eigenvalue weighted by molar-refractivity contribution is -0.164. The van der Waals surface area contributed by atoms with Gasteiger partial charge >= 0.3 is 11.9 Å². The number of carbonyl (C=O) groups is 2. The number of esters is 2. The molecular formula is C23H25NO4. The summed E-state index contributed by atoms with van der Waals surface area (Å²) in [5.74, 6) is -1.30. The molecule has 2 aromatic carbocycles. The molecule has 0 aromatic heterocycles. The number of carbonyl (C=O) groups excluding carboxylic acids is 2. The van der Waals surface area contributed by atoms with Gasteiger partial charge in [-0.3, -0.25) is 9.69 Å². The molecule has 4 rings (SSSR count). The van der Waals surface area contributed by atoms with Gasteiger partial charge in [-0.1, -0.05) is 48.5 Å². The number of fused-ring (bicyclic) bond motifs is 2. The molecule has 0 amide bonds. The van der Waals surface area contributed by atoms with Crippen LogP contribution in [0.4, 0.5) is 0 Å². The van der Waals surface area contributed by atoms with Crippen LogP contribution in [-0.2, 0) is 19.8 Å². The third-order valence-corrected chi connectivity index (χ3v) is 6.42. The second kappa shape index (κ2) is 7.40. The van der Waals surface area contributed by atoms with Gasteiger partial charge in [-0.15, -0.1) is 0 Å². The molecule has 0 saturated carbocycles. The Hall–Kier alpha value is -2.66. The molecule has 0 unspecified atom stereocenters. The summed E-state index contributed by atoms with van der Waals surface area (Å²) in [5, 5.41) is 0. The Morgan fingerprint density at radius 2 is 1.68 bits per heavy atom. The molecule has 28 heavy (non-hydrogen) atoms. The van der Waals surface area contributed by atoms with Gasteiger partial charge in [0.1, 0.15) is 12.0 Å². The molecule has 2 aromatic rings. The standard InChI is InChI=1S/C23H25NO4/c1-24-18-13-14-23(24,17-11-7-4-8-12-17)20(22(26)27-2)19(15-18)28-21(25)16-9-5-3-6-10-16/h3-12,18-20H,13-15H2,1-2H3/t18-,19-,20+,23-/m0/s1. The first-order valence-corrected chi connectivity index (χ1v) is 9.70. The van der Waals surface area contributed by atoms with Crippen LogP contribution in [0.15, 0.2) is 60.7 Å². The number of nitrogens with zero attached hydrogens (tertiary/aromatic N) is 1. The maximum Gasteiger partial charge on any atom is 0.338 e. The van der Waals surface area contributed by atoms with Gasteiger partial charge in [-0.05, 0) is 37.6 Å². The van der Waals surface area contributed by atoms with E-state index in [1.54, 1.807) is 24.3 Å². The molecule has 5 nitrogen and oxygen atoms in total. The Balaban J connectivity index is 1.73. The Morgan fingerprint density at radius 1 is 1.04 bits per heavy atom. The number of hydrogen-bond acceptors (Lipinski definition) is 5. The van der Waals surface area contributed by atoms with Gasteiger partial charge in [0.15, 0.2) is 0 Å². The Morgan fingerprint density at radius 3 is 2.32 bits per heavy atom. The van der Waals surface area contributed by atoms with Gasteiger partial charge in [0.2, 0.25) is 0 Å². The topological polar surface area (TPSA) is 55.8 Å². The second-order valence-electron chi connectivity index (χ2n) is 7.64. The van der Waals surface area contributed by atoms with Crippen LogP contribution in [0.3, 0.4) is 0 Å². The van der Waals surface area contributed by atoms with Crippen LogP contribution >= 0.6 is 0 Å². The predicted molar refractivity (Wildman–Crippen MR) is 105 cm³/mol. The fourth-order valence-electron chi connectivity index (χ4n) is 5.07. The molecule has 146 valence electrons. The number of rotatable bonds is 4. The number of methoxy groups -OCH3 is 1. The Bertz CT molecular complexity index is 853. The summed E-state index contributed by atoms with van der Waals surface area (Å²) in [4.78, 5) is 28.0.